The average molecular weight is 237 g/mol. The van der Waals surface area contributed by atoms with Crippen LogP contribution < -0.4 is 5.32 Å². The van der Waals surface area contributed by atoms with E-state index in [0.29, 0.717) is 19.0 Å². The Bertz CT molecular complexity index is 394. The first-order chi connectivity index (χ1) is 8.15. The van der Waals surface area contributed by atoms with Crippen LogP contribution in [0.15, 0.2) is 6.07 Å². The number of hydrogen-bond donors (Lipinski definition) is 1. The zero-order valence-corrected chi connectivity index (χ0v) is 10.4. The summed E-state index contributed by atoms with van der Waals surface area (Å²) in [5.74, 6) is 0.488. The van der Waals surface area contributed by atoms with Crippen LogP contribution in [0.25, 0.3) is 0 Å². The molecule has 17 heavy (non-hydrogen) atoms. The number of aromatic nitrogens is 2. The number of carbonyl (C=O) groups excluding carboxylic acids is 1. The molecule has 0 radical (unpaired) electrons. The number of carbonyl (C=O) groups is 1. The maximum atomic E-state index is 11.7. The van der Waals surface area contributed by atoms with Crippen molar-refractivity contribution in [1.82, 2.24) is 15.1 Å². The van der Waals surface area contributed by atoms with Crippen LogP contribution in [0.5, 0.6) is 0 Å². The third-order valence-electron chi connectivity index (χ3n) is 3.01. The highest BCUT2D eigenvalue weighted by Crippen LogP contribution is 2.10. The summed E-state index contributed by atoms with van der Waals surface area (Å²) in [5, 5.41) is 7.19. The van der Waals surface area contributed by atoms with Gasteiger partial charge in [0.05, 0.1) is 12.3 Å². The molecule has 0 aromatic carbocycles. The number of ether oxygens (including phenoxy) is 1. The zero-order valence-electron chi connectivity index (χ0n) is 10.4. The molecular formula is C12H19N3O2. The van der Waals surface area contributed by atoms with Crippen LogP contribution in [-0.4, -0.2) is 35.4 Å². The SMILES string of the molecule is Cc1cc(C)n(CC(=O)NC[C@@H]2CCOC2)n1. The number of nitrogens with zero attached hydrogens (tertiary/aromatic N) is 2. The molecule has 2 heterocycles. The van der Waals surface area contributed by atoms with E-state index < -0.39 is 0 Å². The van der Waals surface area contributed by atoms with Gasteiger partial charge < -0.3 is 10.1 Å². The Balaban J connectivity index is 1.78. The van der Waals surface area contributed by atoms with Crippen LogP contribution in [0.2, 0.25) is 0 Å². The van der Waals surface area contributed by atoms with E-state index in [-0.39, 0.29) is 5.91 Å². The van der Waals surface area contributed by atoms with Crippen molar-refractivity contribution in [2.45, 2.75) is 26.8 Å². The van der Waals surface area contributed by atoms with Gasteiger partial charge in [0.1, 0.15) is 6.54 Å². The summed E-state index contributed by atoms with van der Waals surface area (Å²) in [6.45, 7) is 6.47. The lowest BCUT2D eigenvalue weighted by atomic mass is 10.1. The molecule has 0 spiro atoms. The van der Waals surface area contributed by atoms with E-state index in [1.807, 2.05) is 19.9 Å². The molecule has 1 saturated heterocycles. The standard InChI is InChI=1S/C12H19N3O2/c1-9-5-10(2)15(14-9)7-12(16)13-6-11-3-4-17-8-11/h5,11H,3-4,6-8H2,1-2H3,(H,13,16)/t11-/m0/s1. The first kappa shape index (κ1) is 12.1. The highest BCUT2D eigenvalue weighted by molar-refractivity contribution is 5.75. The van der Waals surface area contributed by atoms with Crippen molar-refractivity contribution in [3.05, 3.63) is 17.5 Å². The van der Waals surface area contributed by atoms with Crippen LogP contribution in [0.3, 0.4) is 0 Å². The Morgan fingerprint density at radius 2 is 2.47 bits per heavy atom. The molecule has 1 amide bonds. The van der Waals surface area contributed by atoms with Crippen molar-refractivity contribution in [2.24, 2.45) is 5.92 Å². The molecule has 5 heteroatoms. The van der Waals surface area contributed by atoms with Crippen LogP contribution in [0, 0.1) is 19.8 Å². The van der Waals surface area contributed by atoms with Crippen LogP contribution >= 0.6 is 0 Å². The molecule has 0 aliphatic carbocycles. The van der Waals surface area contributed by atoms with E-state index in [2.05, 4.69) is 10.4 Å². The molecule has 94 valence electrons. The van der Waals surface area contributed by atoms with Gasteiger partial charge in [-0.25, -0.2) is 0 Å². The molecule has 2 rings (SSSR count). The van der Waals surface area contributed by atoms with Crippen LogP contribution in [0.1, 0.15) is 17.8 Å². The molecule has 1 N–H and O–H groups in total. The van der Waals surface area contributed by atoms with Crippen molar-refractivity contribution in [2.75, 3.05) is 19.8 Å². The molecule has 1 atom stereocenters. The number of nitrogens with one attached hydrogen (secondary N) is 1. The molecule has 1 aliphatic heterocycles. The van der Waals surface area contributed by atoms with Gasteiger partial charge in [-0.2, -0.15) is 5.10 Å². The lowest BCUT2D eigenvalue weighted by Gasteiger charge is -2.10. The van der Waals surface area contributed by atoms with E-state index in [4.69, 9.17) is 4.74 Å². The molecule has 0 bridgehead atoms. The fraction of sp³-hybridized carbons (Fsp3) is 0.667. The largest absolute Gasteiger partial charge is 0.381 e. The smallest absolute Gasteiger partial charge is 0.241 e. The molecule has 1 fully saturated rings. The normalized spacial score (nSPS) is 19.5. The number of rotatable bonds is 4. The van der Waals surface area contributed by atoms with Gasteiger partial charge in [-0.1, -0.05) is 0 Å². The van der Waals surface area contributed by atoms with Gasteiger partial charge in [-0.3, -0.25) is 9.48 Å². The topological polar surface area (TPSA) is 56.2 Å². The summed E-state index contributed by atoms with van der Waals surface area (Å²) < 4.78 is 6.99. The minimum Gasteiger partial charge on any atom is -0.381 e. The van der Waals surface area contributed by atoms with Gasteiger partial charge in [-0.05, 0) is 26.3 Å². The lowest BCUT2D eigenvalue weighted by molar-refractivity contribution is -0.122. The predicted octanol–water partition coefficient (Wildman–Crippen LogP) is 0.653. The Labute approximate surface area is 101 Å². The van der Waals surface area contributed by atoms with Crippen molar-refractivity contribution >= 4 is 5.91 Å². The minimum atomic E-state index is 0.0168. The molecule has 0 unspecified atom stereocenters. The number of aryl methyl sites for hydroxylation is 2. The fourth-order valence-electron chi connectivity index (χ4n) is 2.03. The fourth-order valence-corrected chi connectivity index (χ4v) is 2.03. The average Bonchev–Trinajstić information content (AvgIpc) is 2.87. The monoisotopic (exact) mass is 237 g/mol. The maximum absolute atomic E-state index is 11.7. The Morgan fingerprint density at radius 1 is 1.65 bits per heavy atom. The molecular weight excluding hydrogens is 218 g/mol. The van der Waals surface area contributed by atoms with E-state index in [1.165, 1.54) is 0 Å². The Kier molecular flexibility index (Phi) is 3.78. The quantitative estimate of drug-likeness (QED) is 0.836. The molecule has 5 nitrogen and oxygen atoms in total. The summed E-state index contributed by atoms with van der Waals surface area (Å²) in [7, 11) is 0. The highest BCUT2D eigenvalue weighted by Gasteiger charge is 2.16. The van der Waals surface area contributed by atoms with Crippen molar-refractivity contribution in [3.8, 4) is 0 Å². The Hall–Kier alpha value is -1.36. The summed E-state index contributed by atoms with van der Waals surface area (Å²) in [6.07, 6.45) is 1.04. The molecule has 1 aromatic heterocycles. The second kappa shape index (κ2) is 5.31. The number of amides is 1. The van der Waals surface area contributed by atoms with Crippen molar-refractivity contribution < 1.29 is 9.53 Å². The first-order valence-corrected chi connectivity index (χ1v) is 6.00. The van der Waals surface area contributed by atoms with E-state index in [1.54, 1.807) is 4.68 Å². The van der Waals surface area contributed by atoms with Gasteiger partial charge >= 0.3 is 0 Å². The molecule has 1 aliphatic rings. The van der Waals surface area contributed by atoms with Gasteiger partial charge in [0, 0.05) is 24.8 Å². The minimum absolute atomic E-state index is 0.0168. The van der Waals surface area contributed by atoms with Crippen molar-refractivity contribution in [3.63, 3.8) is 0 Å². The third-order valence-corrected chi connectivity index (χ3v) is 3.01. The molecule has 0 saturated carbocycles. The maximum Gasteiger partial charge on any atom is 0.241 e. The zero-order chi connectivity index (χ0) is 12.3. The van der Waals surface area contributed by atoms with Crippen LogP contribution in [-0.2, 0) is 16.1 Å². The van der Waals surface area contributed by atoms with Gasteiger partial charge in [-0.15, -0.1) is 0 Å². The van der Waals surface area contributed by atoms with Gasteiger partial charge in [0.25, 0.3) is 0 Å². The second-order valence-electron chi connectivity index (χ2n) is 4.62. The van der Waals surface area contributed by atoms with E-state index in [0.717, 1.165) is 31.0 Å². The molecule has 1 aromatic rings. The van der Waals surface area contributed by atoms with E-state index >= 15 is 0 Å². The first-order valence-electron chi connectivity index (χ1n) is 6.00. The highest BCUT2D eigenvalue weighted by atomic mass is 16.5. The summed E-state index contributed by atoms with van der Waals surface area (Å²) in [5.41, 5.74) is 1.96. The summed E-state index contributed by atoms with van der Waals surface area (Å²) >= 11 is 0. The van der Waals surface area contributed by atoms with Gasteiger partial charge in [0.2, 0.25) is 5.91 Å². The second-order valence-corrected chi connectivity index (χ2v) is 4.62. The summed E-state index contributed by atoms with van der Waals surface area (Å²) in [4.78, 5) is 11.7. The third kappa shape index (κ3) is 3.30. The van der Waals surface area contributed by atoms with Crippen LogP contribution in [0.4, 0.5) is 0 Å². The van der Waals surface area contributed by atoms with Gasteiger partial charge in [0.15, 0.2) is 0 Å². The predicted molar refractivity (Wildman–Crippen MR) is 63.6 cm³/mol. The Morgan fingerprint density at radius 3 is 3.06 bits per heavy atom. The lowest BCUT2D eigenvalue weighted by Crippen LogP contribution is -2.32. The van der Waals surface area contributed by atoms with Crippen molar-refractivity contribution in [1.29, 1.82) is 0 Å². The number of hydrogen-bond acceptors (Lipinski definition) is 3. The summed E-state index contributed by atoms with van der Waals surface area (Å²) in [6, 6.07) is 1.97. The van der Waals surface area contributed by atoms with E-state index in [9.17, 15) is 4.79 Å².